The van der Waals surface area contributed by atoms with E-state index in [1.165, 1.54) is 24.3 Å². The zero-order valence-corrected chi connectivity index (χ0v) is 8.97. The lowest BCUT2D eigenvalue weighted by atomic mass is 10.1. The smallest absolute Gasteiger partial charge is 0.387 e. The molecule has 7 heteroatoms. The Hall–Kier alpha value is -2.15. The van der Waals surface area contributed by atoms with Gasteiger partial charge in [-0.25, -0.2) is 4.79 Å². The number of hydrogen-bond acceptors (Lipinski definition) is 4. The number of carboxylic acid groups (broad SMARTS) is 1. The molecule has 0 bridgehead atoms. The first kappa shape index (κ1) is 12.3. The molecule has 0 spiro atoms. The summed E-state index contributed by atoms with van der Waals surface area (Å²) in [4.78, 5) is 15.4. The number of carbonyl (C=O) groups is 1. The highest BCUT2D eigenvalue weighted by molar-refractivity contribution is 5.80. The van der Waals surface area contributed by atoms with Gasteiger partial charge in [-0.05, 0) is 18.2 Å². The van der Waals surface area contributed by atoms with Gasteiger partial charge in [0.1, 0.15) is 5.75 Å². The lowest BCUT2D eigenvalue weighted by Crippen LogP contribution is -2.20. The maximum absolute atomic E-state index is 12.0. The van der Waals surface area contributed by atoms with Gasteiger partial charge in [0.05, 0.1) is 5.70 Å². The third-order valence-corrected chi connectivity index (χ3v) is 2.23. The van der Waals surface area contributed by atoms with Crippen LogP contribution >= 0.6 is 0 Å². The molecule has 1 unspecified atom stereocenters. The summed E-state index contributed by atoms with van der Waals surface area (Å²) in [7, 11) is 0. The monoisotopic (exact) mass is 257 g/mol. The lowest BCUT2D eigenvalue weighted by molar-refractivity contribution is -0.148. The SMILES string of the molecule is O=C(O)C1C=C(c2cccc(OC(F)F)c2)NO1. The van der Waals surface area contributed by atoms with Crippen LogP contribution in [0.3, 0.4) is 0 Å². The largest absolute Gasteiger partial charge is 0.479 e. The highest BCUT2D eigenvalue weighted by atomic mass is 19.3. The van der Waals surface area contributed by atoms with E-state index in [4.69, 9.17) is 9.94 Å². The van der Waals surface area contributed by atoms with Crippen molar-refractivity contribution in [1.82, 2.24) is 5.48 Å². The van der Waals surface area contributed by atoms with Crippen molar-refractivity contribution in [3.8, 4) is 5.75 Å². The van der Waals surface area contributed by atoms with E-state index in [0.717, 1.165) is 0 Å². The second-order valence-electron chi connectivity index (χ2n) is 3.47. The van der Waals surface area contributed by atoms with Gasteiger partial charge in [-0.2, -0.15) is 8.78 Å². The predicted molar refractivity (Wildman–Crippen MR) is 56.7 cm³/mol. The molecule has 2 N–H and O–H groups in total. The van der Waals surface area contributed by atoms with Gasteiger partial charge in [-0.1, -0.05) is 12.1 Å². The van der Waals surface area contributed by atoms with Crippen molar-refractivity contribution < 1.29 is 28.3 Å². The number of hydroxylamine groups is 1. The van der Waals surface area contributed by atoms with E-state index in [0.29, 0.717) is 11.3 Å². The molecule has 0 radical (unpaired) electrons. The minimum Gasteiger partial charge on any atom is -0.479 e. The Morgan fingerprint density at radius 1 is 1.50 bits per heavy atom. The molecule has 1 aliphatic heterocycles. The molecule has 0 amide bonds. The molecule has 1 atom stereocenters. The number of hydrogen-bond donors (Lipinski definition) is 2. The minimum atomic E-state index is -2.91. The molecule has 0 aliphatic carbocycles. The zero-order chi connectivity index (χ0) is 13.1. The molecule has 0 fully saturated rings. The third kappa shape index (κ3) is 2.75. The molecule has 2 rings (SSSR count). The summed E-state index contributed by atoms with van der Waals surface area (Å²) < 4.78 is 28.3. The highest BCUT2D eigenvalue weighted by Crippen LogP contribution is 2.23. The fraction of sp³-hybridized carbons (Fsp3) is 0.182. The zero-order valence-electron chi connectivity index (χ0n) is 8.97. The standard InChI is InChI=1S/C11H9F2NO4/c12-11(13)17-7-3-1-2-6(4-7)8-5-9(10(15)16)18-14-8/h1-5,9,11,14H,(H,15,16). The Kier molecular flexibility index (Phi) is 3.42. The number of benzene rings is 1. The average molecular weight is 257 g/mol. The molecular formula is C11H9F2NO4. The van der Waals surface area contributed by atoms with Crippen LogP contribution in [0.15, 0.2) is 30.3 Å². The van der Waals surface area contributed by atoms with E-state index in [9.17, 15) is 13.6 Å². The fourth-order valence-corrected chi connectivity index (χ4v) is 1.46. The Morgan fingerprint density at radius 3 is 2.89 bits per heavy atom. The maximum atomic E-state index is 12.0. The van der Waals surface area contributed by atoms with Crippen molar-refractivity contribution >= 4 is 11.7 Å². The van der Waals surface area contributed by atoms with Crippen molar-refractivity contribution in [2.75, 3.05) is 0 Å². The van der Waals surface area contributed by atoms with E-state index in [-0.39, 0.29) is 5.75 Å². The molecule has 0 aromatic heterocycles. The average Bonchev–Trinajstić information content (AvgIpc) is 2.77. The van der Waals surface area contributed by atoms with Crippen LogP contribution in [0.2, 0.25) is 0 Å². The molecule has 0 saturated carbocycles. The first-order chi connectivity index (χ1) is 8.56. The summed E-state index contributed by atoms with van der Waals surface area (Å²) in [5.41, 5.74) is 3.31. The molecule has 18 heavy (non-hydrogen) atoms. The first-order valence-electron chi connectivity index (χ1n) is 4.98. The van der Waals surface area contributed by atoms with Crippen LogP contribution < -0.4 is 10.2 Å². The maximum Gasteiger partial charge on any atom is 0.387 e. The van der Waals surface area contributed by atoms with Crippen LogP contribution in [0.25, 0.3) is 5.70 Å². The van der Waals surface area contributed by atoms with Gasteiger partial charge in [0.25, 0.3) is 0 Å². The van der Waals surface area contributed by atoms with E-state index in [1.54, 1.807) is 6.07 Å². The van der Waals surface area contributed by atoms with Crippen LogP contribution in [0.4, 0.5) is 8.78 Å². The normalized spacial score (nSPS) is 18.4. The van der Waals surface area contributed by atoms with Crippen molar-refractivity contribution in [3.63, 3.8) is 0 Å². The number of carboxylic acids is 1. The Balaban J connectivity index is 2.19. The van der Waals surface area contributed by atoms with Crippen LogP contribution in [0.5, 0.6) is 5.75 Å². The molecule has 1 aliphatic rings. The number of alkyl halides is 2. The van der Waals surface area contributed by atoms with Crippen LogP contribution in [0.1, 0.15) is 5.56 Å². The number of nitrogens with one attached hydrogen (secondary N) is 1. The minimum absolute atomic E-state index is 0.0102. The summed E-state index contributed by atoms with van der Waals surface area (Å²) in [6.45, 7) is -2.91. The van der Waals surface area contributed by atoms with E-state index in [1.807, 2.05) is 0 Å². The number of halogens is 2. The topological polar surface area (TPSA) is 67.8 Å². The number of aliphatic carboxylic acids is 1. The van der Waals surface area contributed by atoms with Gasteiger partial charge in [-0.15, -0.1) is 0 Å². The molecule has 96 valence electrons. The summed E-state index contributed by atoms with van der Waals surface area (Å²) in [6.07, 6.45) is 0.240. The summed E-state index contributed by atoms with van der Waals surface area (Å²) >= 11 is 0. The number of rotatable bonds is 4. The first-order valence-corrected chi connectivity index (χ1v) is 4.98. The lowest BCUT2D eigenvalue weighted by Gasteiger charge is -2.07. The second-order valence-corrected chi connectivity index (χ2v) is 3.47. The third-order valence-electron chi connectivity index (χ3n) is 2.23. The van der Waals surface area contributed by atoms with Crippen molar-refractivity contribution in [2.24, 2.45) is 0 Å². The molecule has 1 heterocycles. The predicted octanol–water partition coefficient (Wildman–Crippen LogP) is 1.62. The van der Waals surface area contributed by atoms with E-state index < -0.39 is 18.7 Å². The quantitative estimate of drug-likeness (QED) is 0.857. The molecule has 1 aromatic rings. The highest BCUT2D eigenvalue weighted by Gasteiger charge is 2.23. The van der Waals surface area contributed by atoms with E-state index >= 15 is 0 Å². The van der Waals surface area contributed by atoms with E-state index in [2.05, 4.69) is 10.2 Å². The van der Waals surface area contributed by atoms with Crippen molar-refractivity contribution in [2.45, 2.75) is 12.7 Å². The fourth-order valence-electron chi connectivity index (χ4n) is 1.46. The molecular weight excluding hydrogens is 248 g/mol. The van der Waals surface area contributed by atoms with Crippen LogP contribution in [-0.4, -0.2) is 23.8 Å². The molecule has 1 aromatic carbocycles. The van der Waals surface area contributed by atoms with Gasteiger partial charge in [0.15, 0.2) is 0 Å². The van der Waals surface area contributed by atoms with Gasteiger partial charge in [0, 0.05) is 5.56 Å². The Morgan fingerprint density at radius 2 is 2.28 bits per heavy atom. The summed E-state index contributed by atoms with van der Waals surface area (Å²) in [6, 6.07) is 5.87. The Labute approximate surface area is 101 Å². The summed E-state index contributed by atoms with van der Waals surface area (Å²) in [5.74, 6) is -1.15. The Bertz CT molecular complexity index is 490. The van der Waals surface area contributed by atoms with Gasteiger partial charge in [0.2, 0.25) is 6.10 Å². The molecule has 0 saturated heterocycles. The van der Waals surface area contributed by atoms with Crippen LogP contribution in [0, 0.1) is 0 Å². The van der Waals surface area contributed by atoms with Crippen molar-refractivity contribution in [1.29, 1.82) is 0 Å². The summed E-state index contributed by atoms with van der Waals surface area (Å²) in [5, 5.41) is 8.72. The second kappa shape index (κ2) is 5.01. The van der Waals surface area contributed by atoms with Crippen molar-refractivity contribution in [3.05, 3.63) is 35.9 Å². The molecule has 5 nitrogen and oxygen atoms in total. The van der Waals surface area contributed by atoms with Gasteiger partial charge < -0.3 is 9.84 Å². The van der Waals surface area contributed by atoms with Gasteiger partial charge in [-0.3, -0.25) is 10.3 Å². The number of ether oxygens (including phenoxy) is 1. The van der Waals surface area contributed by atoms with Crippen LogP contribution in [-0.2, 0) is 9.63 Å². The van der Waals surface area contributed by atoms with Gasteiger partial charge >= 0.3 is 12.6 Å².